The molecule has 1 aliphatic heterocycles. The van der Waals surface area contributed by atoms with Crippen LogP contribution in [0.3, 0.4) is 0 Å². The van der Waals surface area contributed by atoms with Crippen molar-refractivity contribution in [2.24, 2.45) is 4.99 Å². The lowest BCUT2D eigenvalue weighted by Crippen LogP contribution is -2.44. The lowest BCUT2D eigenvalue weighted by atomic mass is 10.2. The van der Waals surface area contributed by atoms with Crippen molar-refractivity contribution in [1.29, 1.82) is 0 Å². The van der Waals surface area contributed by atoms with E-state index >= 15 is 0 Å². The zero-order valence-corrected chi connectivity index (χ0v) is 16.7. The van der Waals surface area contributed by atoms with Crippen molar-refractivity contribution >= 4 is 11.8 Å². The van der Waals surface area contributed by atoms with Crippen molar-refractivity contribution in [2.45, 2.75) is 20.0 Å². The van der Waals surface area contributed by atoms with Crippen LogP contribution in [0.2, 0.25) is 0 Å². The second-order valence-corrected chi connectivity index (χ2v) is 6.99. The molecule has 1 aromatic carbocycles. The number of pyridine rings is 1. The molecule has 0 aliphatic carbocycles. The molecule has 0 amide bonds. The van der Waals surface area contributed by atoms with E-state index in [1.807, 2.05) is 25.3 Å². The molecule has 2 N–H and O–H groups in total. The molecule has 150 valence electrons. The van der Waals surface area contributed by atoms with Gasteiger partial charge in [-0.25, -0.2) is 14.4 Å². The number of nitrogens with zero attached hydrogens (tertiary/aromatic N) is 4. The van der Waals surface area contributed by atoms with E-state index < -0.39 is 0 Å². The first kappa shape index (κ1) is 20.1. The number of benzene rings is 1. The number of nitrogens with one attached hydrogen (secondary N) is 2. The minimum atomic E-state index is -0.237. The lowest BCUT2D eigenvalue weighted by molar-refractivity contribution is 0.312. The Labute approximate surface area is 166 Å². The van der Waals surface area contributed by atoms with Crippen molar-refractivity contribution in [3.05, 3.63) is 59.5 Å². The molecule has 6 nitrogen and oxygen atoms in total. The third-order valence-electron chi connectivity index (χ3n) is 4.75. The number of aromatic nitrogens is 1. The van der Waals surface area contributed by atoms with Gasteiger partial charge >= 0.3 is 0 Å². The van der Waals surface area contributed by atoms with Crippen molar-refractivity contribution in [1.82, 2.24) is 20.5 Å². The number of anilines is 1. The Balaban J connectivity index is 1.60. The summed E-state index contributed by atoms with van der Waals surface area (Å²) in [6, 6.07) is 10.7. The van der Waals surface area contributed by atoms with Gasteiger partial charge in [0, 0.05) is 45.5 Å². The van der Waals surface area contributed by atoms with E-state index in [1.54, 1.807) is 6.07 Å². The van der Waals surface area contributed by atoms with E-state index in [-0.39, 0.29) is 5.82 Å². The number of likely N-dealkylation sites (N-methyl/N-ethyl adjacent to an activating group) is 1. The van der Waals surface area contributed by atoms with Crippen molar-refractivity contribution in [3.63, 3.8) is 0 Å². The summed E-state index contributed by atoms with van der Waals surface area (Å²) in [4.78, 5) is 13.7. The molecule has 0 saturated carbocycles. The van der Waals surface area contributed by atoms with Crippen molar-refractivity contribution in [2.75, 3.05) is 44.7 Å². The van der Waals surface area contributed by atoms with Crippen LogP contribution in [0.5, 0.6) is 0 Å². The topological polar surface area (TPSA) is 55.8 Å². The molecule has 28 heavy (non-hydrogen) atoms. The number of hydrogen-bond donors (Lipinski definition) is 2. The SMILES string of the molecule is CCNC(=NCc1cccc(F)c1)NCc1ccnc(N2CCN(C)CC2)c1. The average Bonchev–Trinajstić information content (AvgIpc) is 2.71. The molecular weight excluding hydrogens is 355 g/mol. The van der Waals surface area contributed by atoms with E-state index in [0.29, 0.717) is 19.0 Å². The van der Waals surface area contributed by atoms with Gasteiger partial charge in [0.1, 0.15) is 11.6 Å². The van der Waals surface area contributed by atoms with Crippen LogP contribution >= 0.6 is 0 Å². The molecule has 2 aromatic rings. The summed E-state index contributed by atoms with van der Waals surface area (Å²) in [7, 11) is 2.15. The first-order valence-electron chi connectivity index (χ1n) is 9.79. The molecule has 7 heteroatoms. The monoisotopic (exact) mass is 384 g/mol. The highest BCUT2D eigenvalue weighted by molar-refractivity contribution is 5.79. The van der Waals surface area contributed by atoms with Crippen LogP contribution in [-0.4, -0.2) is 55.6 Å². The standard InChI is InChI=1S/C21H29FN6/c1-3-23-21(25-15-17-5-4-6-19(22)13-17)26-16-18-7-8-24-20(14-18)28-11-9-27(2)10-12-28/h4-8,13-14H,3,9-12,15-16H2,1-2H3,(H2,23,25,26). The van der Waals surface area contributed by atoms with Crippen LogP contribution in [0.4, 0.5) is 10.2 Å². The summed E-state index contributed by atoms with van der Waals surface area (Å²) in [6.45, 7) is 7.97. The number of halogens is 1. The van der Waals surface area contributed by atoms with Crippen LogP contribution in [0, 0.1) is 5.82 Å². The Bertz CT molecular complexity index is 786. The molecule has 1 saturated heterocycles. The van der Waals surface area contributed by atoms with Gasteiger partial charge in [0.15, 0.2) is 5.96 Å². The lowest BCUT2D eigenvalue weighted by Gasteiger charge is -2.33. The normalized spacial score (nSPS) is 15.5. The van der Waals surface area contributed by atoms with Gasteiger partial charge in [-0.1, -0.05) is 12.1 Å². The van der Waals surface area contributed by atoms with Gasteiger partial charge in [0.05, 0.1) is 6.54 Å². The fraction of sp³-hybridized carbons (Fsp3) is 0.429. The third-order valence-corrected chi connectivity index (χ3v) is 4.75. The zero-order valence-electron chi connectivity index (χ0n) is 16.7. The van der Waals surface area contributed by atoms with E-state index in [1.165, 1.54) is 12.1 Å². The van der Waals surface area contributed by atoms with Gasteiger partial charge in [0.2, 0.25) is 0 Å². The van der Waals surface area contributed by atoms with E-state index in [0.717, 1.165) is 49.7 Å². The van der Waals surface area contributed by atoms with Crippen LogP contribution in [0.1, 0.15) is 18.1 Å². The summed E-state index contributed by atoms with van der Waals surface area (Å²) in [5.74, 6) is 1.50. The molecule has 1 aliphatic rings. The number of guanidine groups is 1. The molecule has 0 radical (unpaired) electrons. The maximum atomic E-state index is 13.3. The first-order valence-corrected chi connectivity index (χ1v) is 9.79. The van der Waals surface area contributed by atoms with Crippen LogP contribution in [0.25, 0.3) is 0 Å². The van der Waals surface area contributed by atoms with Gasteiger partial charge in [-0.05, 0) is 49.4 Å². The molecule has 2 heterocycles. The fourth-order valence-electron chi connectivity index (χ4n) is 3.11. The Morgan fingerprint density at radius 3 is 2.68 bits per heavy atom. The summed E-state index contributed by atoms with van der Waals surface area (Å²) < 4.78 is 13.3. The zero-order chi connectivity index (χ0) is 19.8. The molecule has 3 rings (SSSR count). The number of rotatable bonds is 6. The van der Waals surface area contributed by atoms with Crippen molar-refractivity contribution in [3.8, 4) is 0 Å². The molecule has 0 unspecified atom stereocenters. The molecule has 0 spiro atoms. The molecule has 0 bridgehead atoms. The summed E-state index contributed by atoms with van der Waals surface area (Å²) in [5.41, 5.74) is 2.00. The highest BCUT2D eigenvalue weighted by Gasteiger charge is 2.15. The van der Waals surface area contributed by atoms with E-state index in [9.17, 15) is 4.39 Å². The highest BCUT2D eigenvalue weighted by atomic mass is 19.1. The highest BCUT2D eigenvalue weighted by Crippen LogP contribution is 2.14. The van der Waals surface area contributed by atoms with Crippen LogP contribution < -0.4 is 15.5 Å². The molecular formula is C21H29FN6. The summed E-state index contributed by atoms with van der Waals surface area (Å²) >= 11 is 0. The number of aliphatic imine (C=N–C) groups is 1. The largest absolute Gasteiger partial charge is 0.357 e. The molecule has 1 fully saturated rings. The Morgan fingerprint density at radius 1 is 1.11 bits per heavy atom. The van der Waals surface area contributed by atoms with Crippen molar-refractivity contribution < 1.29 is 4.39 Å². The fourth-order valence-corrected chi connectivity index (χ4v) is 3.11. The van der Waals surface area contributed by atoms with E-state index in [2.05, 4.69) is 43.5 Å². The minimum absolute atomic E-state index is 0.237. The Kier molecular flexibility index (Phi) is 7.19. The van der Waals surface area contributed by atoms with Crippen LogP contribution in [0.15, 0.2) is 47.6 Å². The smallest absolute Gasteiger partial charge is 0.191 e. The predicted molar refractivity (Wildman–Crippen MR) is 112 cm³/mol. The van der Waals surface area contributed by atoms with Gasteiger partial charge in [-0.2, -0.15) is 0 Å². The average molecular weight is 385 g/mol. The van der Waals surface area contributed by atoms with Gasteiger partial charge < -0.3 is 20.4 Å². The van der Waals surface area contributed by atoms with E-state index in [4.69, 9.17) is 0 Å². The summed E-state index contributed by atoms with van der Waals surface area (Å²) in [5, 5.41) is 6.58. The second-order valence-electron chi connectivity index (χ2n) is 6.99. The first-order chi connectivity index (χ1) is 13.6. The Hall–Kier alpha value is -2.67. The maximum absolute atomic E-state index is 13.3. The molecule has 0 atom stereocenters. The quantitative estimate of drug-likeness (QED) is 0.591. The Morgan fingerprint density at radius 2 is 1.93 bits per heavy atom. The number of piperazine rings is 1. The second kappa shape index (κ2) is 10.0. The minimum Gasteiger partial charge on any atom is -0.357 e. The summed E-state index contributed by atoms with van der Waals surface area (Å²) in [6.07, 6.45) is 1.86. The predicted octanol–water partition coefficient (Wildman–Crippen LogP) is 2.23. The van der Waals surface area contributed by atoms with Gasteiger partial charge in [0.25, 0.3) is 0 Å². The number of hydrogen-bond acceptors (Lipinski definition) is 4. The maximum Gasteiger partial charge on any atom is 0.191 e. The van der Waals surface area contributed by atoms with Crippen LogP contribution in [-0.2, 0) is 13.1 Å². The molecule has 1 aromatic heterocycles. The third kappa shape index (κ3) is 5.92. The van der Waals surface area contributed by atoms with Gasteiger partial charge in [-0.15, -0.1) is 0 Å². The van der Waals surface area contributed by atoms with Gasteiger partial charge in [-0.3, -0.25) is 0 Å².